The number of benzene rings is 2. The first-order chi connectivity index (χ1) is 15.2. The summed E-state index contributed by atoms with van der Waals surface area (Å²) < 4.78 is 31.6. The molecule has 32 heavy (non-hydrogen) atoms. The average molecular weight is 456 g/mol. The van der Waals surface area contributed by atoms with Crippen molar-refractivity contribution in [1.29, 1.82) is 0 Å². The molecule has 0 spiro atoms. The summed E-state index contributed by atoms with van der Waals surface area (Å²) in [6.45, 7) is 5.24. The first-order valence-electron chi connectivity index (χ1n) is 10.8. The van der Waals surface area contributed by atoms with Crippen LogP contribution in [0.2, 0.25) is 0 Å². The second-order valence-corrected chi connectivity index (χ2v) is 10.6. The molecule has 0 radical (unpaired) electrons. The van der Waals surface area contributed by atoms with Crippen molar-refractivity contribution in [2.75, 3.05) is 24.8 Å². The maximum Gasteiger partial charge on any atom is 0.261 e. The zero-order chi connectivity index (χ0) is 23.0. The summed E-state index contributed by atoms with van der Waals surface area (Å²) in [5.74, 6) is 0.953. The van der Waals surface area contributed by atoms with E-state index in [9.17, 15) is 13.2 Å². The van der Waals surface area contributed by atoms with E-state index < -0.39 is 9.84 Å². The standard InChI is InChI=1S/C24H29N3O4S/c1-15-13-18(16(2)25-20-7-5-6-8-21(20)32(4,29)30)22-19(14-15)24(28)27(3)23(26-22)17-9-11-31-12-10-17/h5-8,13-14,16-17,25H,9-12H2,1-4H3/t16-/m0/s1. The van der Waals surface area contributed by atoms with Gasteiger partial charge in [0.25, 0.3) is 5.56 Å². The largest absolute Gasteiger partial charge is 0.381 e. The molecule has 2 aromatic carbocycles. The zero-order valence-corrected chi connectivity index (χ0v) is 19.7. The maximum absolute atomic E-state index is 13.3. The van der Waals surface area contributed by atoms with E-state index in [4.69, 9.17) is 9.72 Å². The number of ether oxygens (including phenoxy) is 1. The predicted octanol–water partition coefficient (Wildman–Crippen LogP) is 3.71. The van der Waals surface area contributed by atoms with E-state index in [-0.39, 0.29) is 22.4 Å². The molecule has 0 bridgehead atoms. The van der Waals surface area contributed by atoms with Gasteiger partial charge < -0.3 is 10.1 Å². The number of aryl methyl sites for hydroxylation is 1. The first-order valence-corrected chi connectivity index (χ1v) is 12.7. The maximum atomic E-state index is 13.3. The number of nitrogens with zero attached hydrogens (tertiary/aromatic N) is 2. The molecule has 0 saturated carbocycles. The lowest BCUT2D eigenvalue weighted by atomic mass is 9.97. The Labute approximate surface area is 188 Å². The molecule has 1 fully saturated rings. The van der Waals surface area contributed by atoms with Gasteiger partial charge in [-0.1, -0.05) is 18.2 Å². The van der Waals surface area contributed by atoms with Crippen LogP contribution in [-0.2, 0) is 21.6 Å². The van der Waals surface area contributed by atoms with Crippen LogP contribution in [-0.4, -0.2) is 37.4 Å². The van der Waals surface area contributed by atoms with Crippen LogP contribution in [0.4, 0.5) is 5.69 Å². The van der Waals surface area contributed by atoms with Gasteiger partial charge in [-0.2, -0.15) is 0 Å². The monoisotopic (exact) mass is 455 g/mol. The second-order valence-electron chi connectivity index (χ2n) is 8.61. The summed E-state index contributed by atoms with van der Waals surface area (Å²) in [4.78, 5) is 18.5. The molecule has 1 N–H and O–H groups in total. The number of aromatic nitrogens is 2. The number of rotatable bonds is 5. The average Bonchev–Trinajstić information content (AvgIpc) is 2.76. The number of para-hydroxylation sites is 1. The van der Waals surface area contributed by atoms with Crippen LogP contribution in [0.5, 0.6) is 0 Å². The second kappa shape index (κ2) is 8.67. The SMILES string of the molecule is Cc1cc([C@H](C)Nc2ccccc2S(C)(=O)=O)c2nc(C3CCOCC3)n(C)c(=O)c2c1. The third kappa shape index (κ3) is 4.29. The van der Waals surface area contributed by atoms with Gasteiger partial charge in [0.05, 0.1) is 27.5 Å². The van der Waals surface area contributed by atoms with Crippen LogP contribution in [0.1, 0.15) is 48.7 Å². The summed E-state index contributed by atoms with van der Waals surface area (Å²) in [6, 6.07) is 10.5. The normalized spacial score (nSPS) is 16.2. The molecule has 0 aliphatic carbocycles. The first kappa shape index (κ1) is 22.5. The molecule has 7 nitrogen and oxygen atoms in total. The molecule has 8 heteroatoms. The van der Waals surface area contributed by atoms with E-state index in [0.29, 0.717) is 29.8 Å². The van der Waals surface area contributed by atoms with E-state index in [1.54, 1.807) is 35.9 Å². The lowest BCUT2D eigenvalue weighted by molar-refractivity contribution is 0.0828. The Kier molecular flexibility index (Phi) is 6.09. The molecule has 1 aliphatic heterocycles. The summed E-state index contributed by atoms with van der Waals surface area (Å²) in [7, 11) is -1.61. The molecule has 3 aromatic rings. The van der Waals surface area contributed by atoms with Crippen molar-refractivity contribution in [3.63, 3.8) is 0 Å². The predicted molar refractivity (Wildman–Crippen MR) is 126 cm³/mol. The number of anilines is 1. The molecule has 1 saturated heterocycles. The Morgan fingerprint density at radius 3 is 2.56 bits per heavy atom. The Hall–Kier alpha value is -2.71. The van der Waals surface area contributed by atoms with Crippen LogP contribution in [0.25, 0.3) is 10.9 Å². The topological polar surface area (TPSA) is 90.3 Å². The van der Waals surface area contributed by atoms with Crippen LogP contribution < -0.4 is 10.9 Å². The molecule has 1 aliphatic rings. The fourth-order valence-corrected chi connectivity index (χ4v) is 5.29. The van der Waals surface area contributed by atoms with E-state index in [1.165, 1.54) is 6.26 Å². The third-order valence-corrected chi connectivity index (χ3v) is 7.26. The fourth-order valence-electron chi connectivity index (χ4n) is 4.44. The van der Waals surface area contributed by atoms with Gasteiger partial charge in [0.2, 0.25) is 0 Å². The molecule has 2 heterocycles. The molecule has 1 atom stereocenters. The highest BCUT2D eigenvalue weighted by Gasteiger charge is 2.24. The third-order valence-electron chi connectivity index (χ3n) is 6.10. The molecule has 4 rings (SSSR count). The van der Waals surface area contributed by atoms with Gasteiger partial charge in [-0.3, -0.25) is 9.36 Å². The highest BCUT2D eigenvalue weighted by Crippen LogP contribution is 2.31. The Morgan fingerprint density at radius 1 is 1.19 bits per heavy atom. The van der Waals surface area contributed by atoms with Crippen molar-refractivity contribution < 1.29 is 13.2 Å². The minimum absolute atomic E-state index is 0.0647. The van der Waals surface area contributed by atoms with Crippen LogP contribution in [0.15, 0.2) is 46.1 Å². The molecule has 0 unspecified atom stereocenters. The molecule has 0 amide bonds. The van der Waals surface area contributed by atoms with Gasteiger partial charge in [0, 0.05) is 38.0 Å². The Balaban J connectivity index is 1.84. The van der Waals surface area contributed by atoms with Crippen molar-refractivity contribution in [3.8, 4) is 0 Å². The number of hydrogen-bond donors (Lipinski definition) is 1. The van der Waals surface area contributed by atoms with Crippen molar-refractivity contribution in [1.82, 2.24) is 9.55 Å². The molecular formula is C24H29N3O4S. The Bertz CT molecular complexity index is 1330. The zero-order valence-electron chi connectivity index (χ0n) is 18.9. The van der Waals surface area contributed by atoms with E-state index in [0.717, 1.165) is 29.8 Å². The van der Waals surface area contributed by atoms with Gasteiger partial charge in [-0.25, -0.2) is 13.4 Å². The number of sulfone groups is 1. The van der Waals surface area contributed by atoms with Gasteiger partial charge in [0.15, 0.2) is 9.84 Å². The lowest BCUT2D eigenvalue weighted by Gasteiger charge is -2.25. The van der Waals surface area contributed by atoms with Crippen molar-refractivity contribution >= 4 is 26.4 Å². The minimum Gasteiger partial charge on any atom is -0.381 e. The van der Waals surface area contributed by atoms with Crippen molar-refractivity contribution in [2.45, 2.75) is 43.5 Å². The molecule has 1 aromatic heterocycles. The highest BCUT2D eigenvalue weighted by atomic mass is 32.2. The highest BCUT2D eigenvalue weighted by molar-refractivity contribution is 7.90. The summed E-state index contributed by atoms with van der Waals surface area (Å²) in [6.07, 6.45) is 2.87. The van der Waals surface area contributed by atoms with Gasteiger partial charge in [-0.15, -0.1) is 0 Å². The van der Waals surface area contributed by atoms with E-state index >= 15 is 0 Å². The van der Waals surface area contributed by atoms with Gasteiger partial charge in [0.1, 0.15) is 5.82 Å². The Morgan fingerprint density at radius 2 is 1.88 bits per heavy atom. The summed E-state index contributed by atoms with van der Waals surface area (Å²) in [5, 5.41) is 3.91. The lowest BCUT2D eigenvalue weighted by Crippen LogP contribution is -2.27. The van der Waals surface area contributed by atoms with Crippen molar-refractivity contribution in [2.24, 2.45) is 7.05 Å². The smallest absolute Gasteiger partial charge is 0.261 e. The van der Waals surface area contributed by atoms with Crippen LogP contribution in [0, 0.1) is 6.92 Å². The van der Waals surface area contributed by atoms with E-state index in [1.807, 2.05) is 26.0 Å². The number of fused-ring (bicyclic) bond motifs is 1. The summed E-state index contributed by atoms with van der Waals surface area (Å²) in [5.41, 5.74) is 2.96. The van der Waals surface area contributed by atoms with Crippen molar-refractivity contribution in [3.05, 3.63) is 63.7 Å². The minimum atomic E-state index is -3.39. The number of nitrogens with one attached hydrogen (secondary N) is 1. The fraction of sp³-hybridized carbons (Fsp3) is 0.417. The molecular weight excluding hydrogens is 426 g/mol. The molecule has 170 valence electrons. The van der Waals surface area contributed by atoms with E-state index in [2.05, 4.69) is 5.32 Å². The summed E-state index contributed by atoms with van der Waals surface area (Å²) >= 11 is 0. The van der Waals surface area contributed by atoms with Gasteiger partial charge >= 0.3 is 0 Å². The van der Waals surface area contributed by atoms with Crippen LogP contribution in [0.3, 0.4) is 0 Å². The van der Waals surface area contributed by atoms with Crippen LogP contribution >= 0.6 is 0 Å². The van der Waals surface area contributed by atoms with Gasteiger partial charge in [-0.05, 0) is 50.5 Å². The quantitative estimate of drug-likeness (QED) is 0.631. The number of hydrogen-bond acceptors (Lipinski definition) is 6.